The lowest BCUT2D eigenvalue weighted by Gasteiger charge is -2.34. The molecule has 3 aromatic heterocycles. The van der Waals surface area contributed by atoms with Crippen LogP contribution in [0.15, 0.2) is 211 Å². The maximum Gasteiger partial charge on any atom is 0.164 e. The SMILES string of the molecule is Cc1ccc2c(c1)sc1cccc(-c3ccc4oc5cc(-c6nc(-c7ccccc7)nc(-c7ccc8c(c7)C(c7ccccc7)(c7ccccc7)c7ccccc7-8)n6)ccc5c4c3)c12. The summed E-state index contributed by atoms with van der Waals surface area (Å²) in [4.78, 5) is 15.6. The van der Waals surface area contributed by atoms with Crippen molar-refractivity contribution in [2.24, 2.45) is 0 Å². The molecule has 12 aromatic rings. The fourth-order valence-electron chi connectivity index (χ4n) is 10.2. The van der Waals surface area contributed by atoms with Crippen LogP contribution in [0.4, 0.5) is 0 Å². The predicted molar refractivity (Wildman–Crippen MR) is 264 cm³/mol. The summed E-state index contributed by atoms with van der Waals surface area (Å²) in [7, 11) is 0. The Kier molecular flexibility index (Phi) is 8.18. The van der Waals surface area contributed by atoms with Crippen molar-refractivity contribution in [1.29, 1.82) is 0 Å². The van der Waals surface area contributed by atoms with Crippen LogP contribution in [0.25, 0.3) is 98.5 Å². The number of hydrogen-bond acceptors (Lipinski definition) is 5. The molecular formula is C59H37N3OS. The van der Waals surface area contributed by atoms with E-state index in [9.17, 15) is 0 Å². The fraction of sp³-hybridized carbons (Fsp3) is 0.0339. The largest absolute Gasteiger partial charge is 0.456 e. The van der Waals surface area contributed by atoms with Crippen molar-refractivity contribution in [2.45, 2.75) is 12.3 Å². The van der Waals surface area contributed by atoms with Crippen LogP contribution in [0.5, 0.6) is 0 Å². The van der Waals surface area contributed by atoms with Crippen molar-refractivity contribution in [1.82, 2.24) is 15.0 Å². The number of furan rings is 1. The highest BCUT2D eigenvalue weighted by Crippen LogP contribution is 2.56. The molecule has 5 heteroatoms. The third-order valence-electron chi connectivity index (χ3n) is 13.1. The fourth-order valence-corrected chi connectivity index (χ4v) is 11.4. The quantitative estimate of drug-likeness (QED) is 0.167. The van der Waals surface area contributed by atoms with Gasteiger partial charge in [0.15, 0.2) is 17.5 Å². The van der Waals surface area contributed by atoms with Gasteiger partial charge in [-0.25, -0.2) is 15.0 Å². The summed E-state index contributed by atoms with van der Waals surface area (Å²) in [5.74, 6) is 1.80. The smallest absolute Gasteiger partial charge is 0.164 e. The average molecular weight is 836 g/mol. The first-order valence-corrected chi connectivity index (χ1v) is 22.5. The molecule has 0 saturated carbocycles. The van der Waals surface area contributed by atoms with Crippen molar-refractivity contribution in [2.75, 3.05) is 0 Å². The molecule has 0 aliphatic heterocycles. The van der Waals surface area contributed by atoms with E-state index in [4.69, 9.17) is 19.4 Å². The van der Waals surface area contributed by atoms with Crippen molar-refractivity contribution >= 4 is 53.4 Å². The van der Waals surface area contributed by atoms with E-state index in [-0.39, 0.29) is 0 Å². The highest BCUT2D eigenvalue weighted by molar-refractivity contribution is 7.26. The van der Waals surface area contributed by atoms with Gasteiger partial charge >= 0.3 is 0 Å². The van der Waals surface area contributed by atoms with Gasteiger partial charge in [-0.3, -0.25) is 0 Å². The third kappa shape index (κ3) is 5.57. The minimum absolute atomic E-state index is 0.544. The van der Waals surface area contributed by atoms with Gasteiger partial charge in [0.25, 0.3) is 0 Å². The van der Waals surface area contributed by atoms with Crippen molar-refractivity contribution < 1.29 is 4.42 Å². The number of thiophene rings is 1. The van der Waals surface area contributed by atoms with Gasteiger partial charge in [0, 0.05) is 47.6 Å². The van der Waals surface area contributed by atoms with Gasteiger partial charge in [-0.1, -0.05) is 164 Å². The van der Waals surface area contributed by atoms with Crippen molar-refractivity contribution in [3.05, 3.63) is 234 Å². The van der Waals surface area contributed by atoms with Crippen LogP contribution >= 0.6 is 11.3 Å². The van der Waals surface area contributed by atoms with Crippen LogP contribution in [0.3, 0.4) is 0 Å². The van der Waals surface area contributed by atoms with Gasteiger partial charge in [0.05, 0.1) is 5.41 Å². The van der Waals surface area contributed by atoms with Crippen LogP contribution in [0.2, 0.25) is 0 Å². The summed E-state index contributed by atoms with van der Waals surface area (Å²) in [6.45, 7) is 2.16. The van der Waals surface area contributed by atoms with E-state index in [0.717, 1.165) is 38.6 Å². The van der Waals surface area contributed by atoms with Crippen LogP contribution in [-0.4, -0.2) is 15.0 Å². The van der Waals surface area contributed by atoms with Gasteiger partial charge in [-0.15, -0.1) is 11.3 Å². The minimum atomic E-state index is -0.544. The molecule has 9 aromatic carbocycles. The molecule has 13 rings (SSSR count). The molecule has 0 atom stereocenters. The highest BCUT2D eigenvalue weighted by atomic mass is 32.1. The van der Waals surface area contributed by atoms with E-state index >= 15 is 0 Å². The zero-order valence-electron chi connectivity index (χ0n) is 34.8. The molecule has 300 valence electrons. The van der Waals surface area contributed by atoms with Crippen LogP contribution in [-0.2, 0) is 5.41 Å². The summed E-state index contributed by atoms with van der Waals surface area (Å²) >= 11 is 1.86. The molecule has 4 nitrogen and oxygen atoms in total. The summed E-state index contributed by atoms with van der Waals surface area (Å²) in [5.41, 5.74) is 14.8. The Labute approximate surface area is 373 Å². The molecule has 0 saturated heterocycles. The highest BCUT2D eigenvalue weighted by Gasteiger charge is 2.46. The molecule has 0 spiro atoms. The number of aryl methyl sites for hydroxylation is 1. The van der Waals surface area contributed by atoms with E-state index < -0.39 is 5.41 Å². The second-order valence-corrected chi connectivity index (χ2v) is 17.8. The number of hydrogen-bond donors (Lipinski definition) is 0. The van der Waals surface area contributed by atoms with Gasteiger partial charge < -0.3 is 4.42 Å². The summed E-state index contributed by atoms with van der Waals surface area (Å²) in [6, 6.07) is 73.8. The van der Waals surface area contributed by atoms with E-state index in [1.807, 2.05) is 29.5 Å². The van der Waals surface area contributed by atoms with Gasteiger partial charge in [0.1, 0.15) is 11.2 Å². The predicted octanol–water partition coefficient (Wildman–Crippen LogP) is 15.5. The summed E-state index contributed by atoms with van der Waals surface area (Å²) in [6.07, 6.45) is 0. The first kappa shape index (κ1) is 36.6. The van der Waals surface area contributed by atoms with Crippen molar-refractivity contribution in [3.8, 4) is 56.4 Å². The zero-order chi connectivity index (χ0) is 42.4. The molecule has 0 radical (unpaired) electrons. The molecule has 1 aliphatic carbocycles. The van der Waals surface area contributed by atoms with Gasteiger partial charge in [-0.05, 0) is 99.5 Å². The Hall–Kier alpha value is -7.99. The molecule has 0 fully saturated rings. The summed E-state index contributed by atoms with van der Waals surface area (Å²) in [5, 5.41) is 4.72. The number of benzene rings is 9. The van der Waals surface area contributed by atoms with E-state index in [1.165, 1.54) is 70.2 Å². The molecule has 3 heterocycles. The minimum Gasteiger partial charge on any atom is -0.456 e. The van der Waals surface area contributed by atoms with Crippen LogP contribution in [0.1, 0.15) is 27.8 Å². The Morgan fingerprint density at radius 2 is 1.00 bits per heavy atom. The first-order chi connectivity index (χ1) is 31.6. The van der Waals surface area contributed by atoms with Gasteiger partial charge in [0.2, 0.25) is 0 Å². The number of fused-ring (bicyclic) bond motifs is 9. The average Bonchev–Trinajstić information content (AvgIpc) is 4.01. The molecule has 0 unspecified atom stereocenters. The molecule has 1 aliphatic rings. The Bertz CT molecular complexity index is 3760. The molecule has 0 bridgehead atoms. The number of aromatic nitrogens is 3. The van der Waals surface area contributed by atoms with Crippen LogP contribution in [0, 0.1) is 6.92 Å². The third-order valence-corrected chi connectivity index (χ3v) is 14.2. The van der Waals surface area contributed by atoms with Crippen molar-refractivity contribution in [3.63, 3.8) is 0 Å². The van der Waals surface area contributed by atoms with E-state index in [1.54, 1.807) is 0 Å². The zero-order valence-corrected chi connectivity index (χ0v) is 35.6. The molecular weight excluding hydrogens is 799 g/mol. The standard InChI is InChI=1S/C59H37N3OS/c1-36-24-28-47-54(32-36)64-53-23-13-21-43(55(47)53)38-27-31-51-48(33-38)46-30-26-40(35-52(46)63-51)58-61-56(37-14-5-2-6-15-37)60-57(62-58)39-25-29-45-44-20-11-12-22-49(44)59(50(45)34-39,41-16-7-3-8-17-41)42-18-9-4-10-19-42/h2-35H,1H3. The Balaban J connectivity index is 0.964. The maximum absolute atomic E-state index is 6.61. The molecule has 0 N–H and O–H groups in total. The second kappa shape index (κ2) is 14.3. The normalized spacial score (nSPS) is 12.9. The lowest BCUT2D eigenvalue weighted by atomic mass is 9.67. The molecule has 0 amide bonds. The van der Waals surface area contributed by atoms with Crippen LogP contribution < -0.4 is 0 Å². The van der Waals surface area contributed by atoms with E-state index in [0.29, 0.717) is 17.5 Å². The lowest BCUT2D eigenvalue weighted by molar-refractivity contribution is 0.669. The monoisotopic (exact) mass is 835 g/mol. The Morgan fingerprint density at radius 3 is 1.77 bits per heavy atom. The first-order valence-electron chi connectivity index (χ1n) is 21.7. The Morgan fingerprint density at radius 1 is 0.391 bits per heavy atom. The lowest BCUT2D eigenvalue weighted by Crippen LogP contribution is -2.28. The summed E-state index contributed by atoms with van der Waals surface area (Å²) < 4.78 is 9.22. The second-order valence-electron chi connectivity index (χ2n) is 16.8. The number of rotatable bonds is 6. The van der Waals surface area contributed by atoms with E-state index in [2.05, 4.69) is 195 Å². The number of nitrogens with zero attached hydrogens (tertiary/aromatic N) is 3. The maximum atomic E-state index is 6.61. The molecule has 64 heavy (non-hydrogen) atoms. The topological polar surface area (TPSA) is 51.8 Å². The van der Waals surface area contributed by atoms with Gasteiger partial charge in [-0.2, -0.15) is 0 Å².